The monoisotopic (exact) mass is 277 g/mol. The lowest BCUT2D eigenvalue weighted by Crippen LogP contribution is -2.43. The summed E-state index contributed by atoms with van der Waals surface area (Å²) in [6.07, 6.45) is 0.301. The third-order valence-electron chi connectivity index (χ3n) is 3.54. The van der Waals surface area contributed by atoms with Gasteiger partial charge in [0.1, 0.15) is 5.75 Å². The highest BCUT2D eigenvalue weighted by Crippen LogP contribution is 2.32. The van der Waals surface area contributed by atoms with Crippen molar-refractivity contribution >= 4 is 11.9 Å². The number of amides is 1. The number of esters is 1. The SMILES string of the molecule is CCOC(=O)[C@@H]1CNC(=O)C[C@H]1c1ccc(OC)cc1. The Labute approximate surface area is 118 Å². The second kappa shape index (κ2) is 6.41. The molecule has 0 spiro atoms. The van der Waals surface area contributed by atoms with Crippen LogP contribution >= 0.6 is 0 Å². The molecule has 1 fully saturated rings. The van der Waals surface area contributed by atoms with Crippen LogP contribution in [0.5, 0.6) is 5.75 Å². The molecular formula is C15H19NO4. The van der Waals surface area contributed by atoms with Crippen LogP contribution in [0.4, 0.5) is 0 Å². The van der Waals surface area contributed by atoms with E-state index in [4.69, 9.17) is 9.47 Å². The second-order valence-corrected chi connectivity index (χ2v) is 4.75. The molecule has 0 saturated carbocycles. The topological polar surface area (TPSA) is 64.6 Å². The van der Waals surface area contributed by atoms with Crippen molar-refractivity contribution in [2.45, 2.75) is 19.3 Å². The van der Waals surface area contributed by atoms with Crippen molar-refractivity contribution < 1.29 is 19.1 Å². The van der Waals surface area contributed by atoms with E-state index < -0.39 is 0 Å². The summed E-state index contributed by atoms with van der Waals surface area (Å²) in [5.74, 6) is -0.0175. The van der Waals surface area contributed by atoms with E-state index >= 15 is 0 Å². The van der Waals surface area contributed by atoms with E-state index in [1.807, 2.05) is 24.3 Å². The summed E-state index contributed by atoms with van der Waals surface area (Å²) in [6, 6.07) is 7.47. The van der Waals surface area contributed by atoms with Gasteiger partial charge in [-0.3, -0.25) is 9.59 Å². The smallest absolute Gasteiger partial charge is 0.311 e. The number of piperidine rings is 1. The number of hydrogen-bond donors (Lipinski definition) is 1. The van der Waals surface area contributed by atoms with Gasteiger partial charge in [0.25, 0.3) is 0 Å². The number of benzene rings is 1. The van der Waals surface area contributed by atoms with Crippen molar-refractivity contribution in [1.29, 1.82) is 0 Å². The quantitative estimate of drug-likeness (QED) is 0.847. The molecule has 1 heterocycles. The summed E-state index contributed by atoms with van der Waals surface area (Å²) in [4.78, 5) is 23.6. The average molecular weight is 277 g/mol. The molecule has 108 valence electrons. The molecule has 2 rings (SSSR count). The van der Waals surface area contributed by atoms with Gasteiger partial charge in [0.05, 0.1) is 19.6 Å². The van der Waals surface area contributed by atoms with Crippen LogP contribution in [0.1, 0.15) is 24.8 Å². The first-order valence-corrected chi connectivity index (χ1v) is 6.73. The van der Waals surface area contributed by atoms with Gasteiger partial charge in [0.15, 0.2) is 0 Å². The minimum absolute atomic E-state index is 0.0358. The van der Waals surface area contributed by atoms with E-state index in [9.17, 15) is 9.59 Å². The molecule has 1 aromatic rings. The highest BCUT2D eigenvalue weighted by molar-refractivity contribution is 5.83. The molecule has 1 saturated heterocycles. The van der Waals surface area contributed by atoms with Gasteiger partial charge < -0.3 is 14.8 Å². The zero-order chi connectivity index (χ0) is 14.5. The largest absolute Gasteiger partial charge is 0.497 e. The van der Waals surface area contributed by atoms with E-state index in [-0.39, 0.29) is 23.7 Å². The lowest BCUT2D eigenvalue weighted by atomic mass is 9.81. The molecule has 5 nitrogen and oxygen atoms in total. The van der Waals surface area contributed by atoms with Crippen molar-refractivity contribution in [3.8, 4) is 5.75 Å². The van der Waals surface area contributed by atoms with Crippen LogP contribution < -0.4 is 10.1 Å². The number of methoxy groups -OCH3 is 1. The molecule has 1 N–H and O–H groups in total. The Bertz CT molecular complexity index is 483. The Hall–Kier alpha value is -2.04. The van der Waals surface area contributed by atoms with Crippen molar-refractivity contribution in [3.05, 3.63) is 29.8 Å². The fourth-order valence-electron chi connectivity index (χ4n) is 2.48. The molecule has 0 unspecified atom stereocenters. The number of carbonyl (C=O) groups excluding carboxylic acids is 2. The van der Waals surface area contributed by atoms with Gasteiger partial charge >= 0.3 is 5.97 Å². The maximum atomic E-state index is 12.0. The Balaban J connectivity index is 2.22. The van der Waals surface area contributed by atoms with Gasteiger partial charge in [0.2, 0.25) is 5.91 Å². The highest BCUT2D eigenvalue weighted by atomic mass is 16.5. The molecule has 1 aliphatic heterocycles. The van der Waals surface area contributed by atoms with E-state index in [1.165, 1.54) is 0 Å². The van der Waals surface area contributed by atoms with Gasteiger partial charge in [0, 0.05) is 18.9 Å². The predicted molar refractivity (Wildman–Crippen MR) is 73.5 cm³/mol. The molecule has 0 aliphatic carbocycles. The highest BCUT2D eigenvalue weighted by Gasteiger charge is 2.36. The van der Waals surface area contributed by atoms with Gasteiger partial charge in [-0.2, -0.15) is 0 Å². The molecule has 5 heteroatoms. The fraction of sp³-hybridized carbons (Fsp3) is 0.467. The first-order valence-electron chi connectivity index (χ1n) is 6.73. The third kappa shape index (κ3) is 3.10. The number of rotatable bonds is 4. The molecule has 1 aromatic carbocycles. The van der Waals surface area contributed by atoms with Crippen LogP contribution in [-0.4, -0.2) is 32.1 Å². The number of hydrogen-bond acceptors (Lipinski definition) is 4. The molecule has 1 aliphatic rings. The summed E-state index contributed by atoms with van der Waals surface area (Å²) in [5, 5.41) is 2.73. The minimum Gasteiger partial charge on any atom is -0.497 e. The first-order chi connectivity index (χ1) is 9.65. The van der Waals surface area contributed by atoms with Crippen molar-refractivity contribution in [3.63, 3.8) is 0 Å². The Morgan fingerprint density at radius 2 is 2.05 bits per heavy atom. The standard InChI is InChI=1S/C15H19NO4/c1-3-20-15(18)13-9-16-14(17)8-12(13)10-4-6-11(19-2)7-5-10/h4-7,12-13H,3,8-9H2,1-2H3,(H,16,17)/t12-,13+/m0/s1. The maximum absolute atomic E-state index is 12.0. The third-order valence-corrected chi connectivity index (χ3v) is 3.54. The van der Waals surface area contributed by atoms with E-state index in [0.29, 0.717) is 19.6 Å². The number of ether oxygens (including phenoxy) is 2. The molecule has 20 heavy (non-hydrogen) atoms. The average Bonchev–Trinajstić information content (AvgIpc) is 2.47. The van der Waals surface area contributed by atoms with Crippen LogP contribution in [0.25, 0.3) is 0 Å². The zero-order valence-electron chi connectivity index (χ0n) is 11.7. The Kier molecular flexibility index (Phi) is 4.61. The molecule has 0 bridgehead atoms. The van der Waals surface area contributed by atoms with Gasteiger partial charge in [-0.25, -0.2) is 0 Å². The maximum Gasteiger partial charge on any atom is 0.311 e. The summed E-state index contributed by atoms with van der Waals surface area (Å²) in [7, 11) is 1.60. The Morgan fingerprint density at radius 1 is 1.35 bits per heavy atom. The Morgan fingerprint density at radius 3 is 2.65 bits per heavy atom. The number of nitrogens with one attached hydrogen (secondary N) is 1. The molecular weight excluding hydrogens is 258 g/mol. The van der Waals surface area contributed by atoms with Crippen LogP contribution in [0, 0.1) is 5.92 Å². The lowest BCUT2D eigenvalue weighted by Gasteiger charge is -2.30. The molecule has 0 aromatic heterocycles. The van der Waals surface area contributed by atoms with Crippen LogP contribution in [0.3, 0.4) is 0 Å². The number of carbonyl (C=O) groups is 2. The zero-order valence-corrected chi connectivity index (χ0v) is 11.7. The predicted octanol–water partition coefficient (Wildman–Crippen LogP) is 1.48. The van der Waals surface area contributed by atoms with Gasteiger partial charge in [-0.15, -0.1) is 0 Å². The van der Waals surface area contributed by atoms with Crippen LogP contribution in [-0.2, 0) is 14.3 Å². The molecule has 1 amide bonds. The fourth-order valence-corrected chi connectivity index (χ4v) is 2.48. The normalized spacial score (nSPS) is 22.0. The second-order valence-electron chi connectivity index (χ2n) is 4.75. The van der Waals surface area contributed by atoms with E-state index in [0.717, 1.165) is 11.3 Å². The van der Waals surface area contributed by atoms with E-state index in [1.54, 1.807) is 14.0 Å². The van der Waals surface area contributed by atoms with Gasteiger partial charge in [-0.05, 0) is 24.6 Å². The lowest BCUT2D eigenvalue weighted by molar-refractivity contribution is -0.150. The van der Waals surface area contributed by atoms with Crippen LogP contribution in [0.2, 0.25) is 0 Å². The molecule has 2 atom stereocenters. The molecule has 0 radical (unpaired) electrons. The summed E-state index contributed by atoms with van der Waals surface area (Å²) in [6.45, 7) is 2.45. The summed E-state index contributed by atoms with van der Waals surface area (Å²) < 4.78 is 10.2. The van der Waals surface area contributed by atoms with Crippen molar-refractivity contribution in [1.82, 2.24) is 5.32 Å². The van der Waals surface area contributed by atoms with Crippen molar-refractivity contribution in [2.75, 3.05) is 20.3 Å². The van der Waals surface area contributed by atoms with Crippen molar-refractivity contribution in [2.24, 2.45) is 5.92 Å². The van der Waals surface area contributed by atoms with Gasteiger partial charge in [-0.1, -0.05) is 12.1 Å². The minimum atomic E-state index is -0.332. The summed E-state index contributed by atoms with van der Waals surface area (Å²) in [5.41, 5.74) is 0.957. The van der Waals surface area contributed by atoms with E-state index in [2.05, 4.69) is 5.32 Å². The van der Waals surface area contributed by atoms with Crippen LogP contribution in [0.15, 0.2) is 24.3 Å². The summed E-state index contributed by atoms with van der Waals surface area (Å²) >= 11 is 0. The first kappa shape index (κ1) is 14.4.